The van der Waals surface area contributed by atoms with Gasteiger partial charge in [-0.2, -0.15) is 8.42 Å². The normalized spacial score (nSPS) is 10.6. The van der Waals surface area contributed by atoms with Gasteiger partial charge in [0.25, 0.3) is 0 Å². The van der Waals surface area contributed by atoms with Gasteiger partial charge in [-0.05, 0) is 6.42 Å². The monoisotopic (exact) mass is 171 g/mol. The predicted molar refractivity (Wildman–Crippen MR) is 37.2 cm³/mol. The maximum Gasteiger partial charge on any atom is 0.399 e. The molecule has 0 aliphatic carbocycles. The summed E-state index contributed by atoms with van der Waals surface area (Å²) in [4.78, 5) is 0. The molecule has 0 atom stereocenters. The molecule has 0 aromatic heterocycles. The van der Waals surface area contributed by atoms with Crippen molar-refractivity contribution in [1.82, 2.24) is 6.15 Å². The maximum absolute atomic E-state index is 10.3. The molecule has 6 heteroatoms. The third-order valence-electron chi connectivity index (χ3n) is 0.636. The first-order chi connectivity index (χ1) is 4.12. The van der Waals surface area contributed by atoms with Crippen LogP contribution in [-0.2, 0) is 18.8 Å². The first kappa shape index (κ1) is 12.5. The zero-order valence-electron chi connectivity index (χ0n) is 6.16. The molecular weight excluding hydrogens is 158 g/mol. The molecular formula is C4H13NO4S. The van der Waals surface area contributed by atoms with Crippen LogP contribution in [0.5, 0.6) is 0 Å². The second kappa shape index (κ2) is 5.60. The van der Waals surface area contributed by atoms with Gasteiger partial charge in [-0.15, -0.1) is 0 Å². The molecule has 0 fully saturated rings. The summed E-state index contributed by atoms with van der Waals surface area (Å²) >= 11 is 0. The van der Waals surface area contributed by atoms with E-state index >= 15 is 0 Å². The van der Waals surface area contributed by atoms with Gasteiger partial charge < -0.3 is 6.15 Å². The fourth-order valence-electron chi connectivity index (χ4n) is 0.234. The molecule has 0 radical (unpaired) electrons. The second-order valence-corrected chi connectivity index (χ2v) is 2.78. The minimum Gasteiger partial charge on any atom is -0.344 e. The van der Waals surface area contributed by atoms with Crippen LogP contribution in [0.2, 0.25) is 0 Å². The van der Waals surface area contributed by atoms with Crippen molar-refractivity contribution in [3.05, 3.63) is 0 Å². The highest BCUT2D eigenvalue weighted by molar-refractivity contribution is 7.81. The number of hydrogen-bond donors (Lipinski definition) is 1. The van der Waals surface area contributed by atoms with Crippen LogP contribution < -0.4 is 6.15 Å². The summed E-state index contributed by atoms with van der Waals surface area (Å²) in [6.45, 7) is 1.99. The van der Waals surface area contributed by atoms with Gasteiger partial charge in [0, 0.05) is 0 Å². The summed E-state index contributed by atoms with van der Waals surface area (Å²) in [5.41, 5.74) is 0. The van der Waals surface area contributed by atoms with Gasteiger partial charge in [0.05, 0.1) is 13.7 Å². The van der Waals surface area contributed by atoms with E-state index in [1.54, 1.807) is 0 Å². The molecule has 0 rings (SSSR count). The van der Waals surface area contributed by atoms with Crippen molar-refractivity contribution in [3.8, 4) is 0 Å². The summed E-state index contributed by atoms with van der Waals surface area (Å²) in [5, 5.41) is 0. The molecule has 0 aliphatic rings. The molecule has 0 spiro atoms. The fraction of sp³-hybridized carbons (Fsp3) is 1.00. The van der Waals surface area contributed by atoms with Crippen molar-refractivity contribution < 1.29 is 16.8 Å². The molecule has 0 bridgehead atoms. The Morgan fingerprint density at radius 3 is 2.20 bits per heavy atom. The average molecular weight is 171 g/mol. The molecule has 0 amide bonds. The van der Waals surface area contributed by atoms with Gasteiger partial charge in [-0.25, -0.2) is 4.18 Å². The van der Waals surface area contributed by atoms with Crippen molar-refractivity contribution in [1.29, 1.82) is 0 Å². The molecule has 5 nitrogen and oxygen atoms in total. The largest absolute Gasteiger partial charge is 0.399 e. The fourth-order valence-corrected chi connectivity index (χ4v) is 0.701. The third kappa shape index (κ3) is 5.96. The molecule has 0 heterocycles. The van der Waals surface area contributed by atoms with Crippen molar-refractivity contribution in [2.45, 2.75) is 13.3 Å². The zero-order chi connectivity index (χ0) is 7.33. The van der Waals surface area contributed by atoms with Crippen LogP contribution in [0.3, 0.4) is 0 Å². The van der Waals surface area contributed by atoms with Crippen molar-refractivity contribution >= 4 is 10.4 Å². The molecule has 0 aromatic rings. The van der Waals surface area contributed by atoms with E-state index in [4.69, 9.17) is 0 Å². The highest BCUT2D eigenvalue weighted by atomic mass is 32.3. The Morgan fingerprint density at radius 2 is 1.90 bits per heavy atom. The highest BCUT2D eigenvalue weighted by Gasteiger charge is 2.05. The Morgan fingerprint density at radius 1 is 1.40 bits per heavy atom. The van der Waals surface area contributed by atoms with Gasteiger partial charge in [0.2, 0.25) is 0 Å². The third-order valence-corrected chi connectivity index (χ3v) is 1.50. The van der Waals surface area contributed by atoms with Crippen LogP contribution in [-0.4, -0.2) is 22.1 Å². The van der Waals surface area contributed by atoms with Gasteiger partial charge in [0.15, 0.2) is 0 Å². The Bertz CT molecular complexity index is 153. The summed E-state index contributed by atoms with van der Waals surface area (Å²) in [6.07, 6.45) is 0.655. The van der Waals surface area contributed by atoms with E-state index in [9.17, 15) is 8.42 Å². The van der Waals surface area contributed by atoms with Crippen LogP contribution in [0.15, 0.2) is 0 Å². The zero-order valence-corrected chi connectivity index (χ0v) is 6.98. The summed E-state index contributed by atoms with van der Waals surface area (Å²) < 4.78 is 28.9. The smallest absolute Gasteiger partial charge is 0.344 e. The molecule has 0 aromatic carbocycles. The lowest BCUT2D eigenvalue weighted by Crippen LogP contribution is -2.07. The molecule has 10 heavy (non-hydrogen) atoms. The Kier molecular flexibility index (Phi) is 7.00. The minimum absolute atomic E-state index is 0. The van der Waals surface area contributed by atoms with E-state index in [1.807, 2.05) is 6.92 Å². The average Bonchev–Trinajstić information content (AvgIpc) is 1.84. The predicted octanol–water partition coefficient (Wildman–Crippen LogP) is 0.466. The molecule has 0 aliphatic heterocycles. The Labute approximate surface area is 61.2 Å². The van der Waals surface area contributed by atoms with E-state index < -0.39 is 10.4 Å². The van der Waals surface area contributed by atoms with Crippen molar-refractivity contribution in [3.63, 3.8) is 0 Å². The summed E-state index contributed by atoms with van der Waals surface area (Å²) in [6, 6.07) is 0. The van der Waals surface area contributed by atoms with E-state index in [2.05, 4.69) is 8.37 Å². The Hall–Kier alpha value is -0.170. The van der Waals surface area contributed by atoms with Crippen LogP contribution in [0.4, 0.5) is 0 Å². The van der Waals surface area contributed by atoms with Crippen molar-refractivity contribution in [2.75, 3.05) is 13.7 Å². The molecule has 64 valence electrons. The second-order valence-electron chi connectivity index (χ2n) is 1.40. The van der Waals surface area contributed by atoms with Crippen LogP contribution in [0.25, 0.3) is 0 Å². The Balaban J connectivity index is 0. The van der Waals surface area contributed by atoms with E-state index in [0.717, 1.165) is 7.11 Å². The lowest BCUT2D eigenvalue weighted by atomic mass is 10.5. The van der Waals surface area contributed by atoms with Gasteiger partial charge in [-0.3, -0.25) is 4.18 Å². The first-order valence-corrected chi connectivity index (χ1v) is 3.90. The first-order valence-electron chi connectivity index (χ1n) is 2.57. The lowest BCUT2D eigenvalue weighted by molar-refractivity contribution is 0.244. The standard InChI is InChI=1S/C4H10O4S.H3N/c1-3-4-8-9(5,6)7-2;/h3-4H2,1-2H3;1H3. The van der Waals surface area contributed by atoms with Crippen LogP contribution in [0.1, 0.15) is 13.3 Å². The summed E-state index contributed by atoms with van der Waals surface area (Å²) in [7, 11) is -2.62. The SMILES string of the molecule is CCCOS(=O)(=O)OC.N. The van der Waals surface area contributed by atoms with Crippen molar-refractivity contribution in [2.24, 2.45) is 0 Å². The van der Waals surface area contributed by atoms with Gasteiger partial charge in [0.1, 0.15) is 0 Å². The molecule has 0 saturated heterocycles. The van der Waals surface area contributed by atoms with E-state index in [1.165, 1.54) is 0 Å². The topological polar surface area (TPSA) is 87.6 Å². The number of rotatable bonds is 4. The van der Waals surface area contributed by atoms with Crippen LogP contribution in [0, 0.1) is 0 Å². The number of hydrogen-bond acceptors (Lipinski definition) is 5. The lowest BCUT2D eigenvalue weighted by Gasteiger charge is -1.98. The van der Waals surface area contributed by atoms with E-state index in [-0.39, 0.29) is 12.8 Å². The molecule has 3 N–H and O–H groups in total. The van der Waals surface area contributed by atoms with Gasteiger partial charge in [-0.1, -0.05) is 6.92 Å². The quantitative estimate of drug-likeness (QED) is 0.664. The maximum atomic E-state index is 10.3. The molecule has 0 unspecified atom stereocenters. The minimum atomic E-state index is -3.68. The van der Waals surface area contributed by atoms with Gasteiger partial charge >= 0.3 is 10.4 Å². The molecule has 0 saturated carbocycles. The summed E-state index contributed by atoms with van der Waals surface area (Å²) in [5.74, 6) is 0. The highest BCUT2D eigenvalue weighted by Crippen LogP contribution is 1.92. The van der Waals surface area contributed by atoms with Crippen LogP contribution >= 0.6 is 0 Å². The van der Waals surface area contributed by atoms with E-state index in [0.29, 0.717) is 6.42 Å².